The lowest BCUT2D eigenvalue weighted by atomic mass is 10.1. The quantitative estimate of drug-likeness (QED) is 0.662. The van der Waals surface area contributed by atoms with Crippen LogP contribution in [0.15, 0.2) is 12.1 Å². The summed E-state index contributed by atoms with van der Waals surface area (Å²) in [6.45, 7) is 7.54. The van der Waals surface area contributed by atoms with Crippen LogP contribution >= 0.6 is 46.8 Å². The number of phenols is 1. The molecule has 1 heterocycles. The summed E-state index contributed by atoms with van der Waals surface area (Å²) in [5.41, 5.74) is 2.01. The van der Waals surface area contributed by atoms with E-state index in [1.807, 2.05) is 13.0 Å². The molecule has 0 radical (unpaired) electrons. The molecule has 0 aromatic heterocycles. The standard InChI is InChI=1S/C16H25IN2OS.ClH/c1-13-10-15(17)11-14(16(13)20)12-18(2)4-3-5-19-6-8-21-9-7-19;/h10-11,20H,3-9,12H2,1-2H3;1H. The number of thioether (sulfide) groups is 1. The van der Waals surface area contributed by atoms with Crippen LogP contribution in [0.4, 0.5) is 0 Å². The Morgan fingerprint density at radius 3 is 2.68 bits per heavy atom. The Balaban J connectivity index is 0.00000242. The van der Waals surface area contributed by atoms with Gasteiger partial charge in [-0.1, -0.05) is 0 Å². The van der Waals surface area contributed by atoms with E-state index in [0.29, 0.717) is 5.75 Å². The van der Waals surface area contributed by atoms with E-state index < -0.39 is 0 Å². The molecule has 1 aliphatic rings. The number of phenolic OH excluding ortho intramolecular Hbond substituents is 1. The first-order chi connectivity index (χ1) is 10.1. The van der Waals surface area contributed by atoms with E-state index in [2.05, 4.69) is 57.3 Å². The van der Waals surface area contributed by atoms with Gasteiger partial charge in [0.1, 0.15) is 5.75 Å². The van der Waals surface area contributed by atoms with Crippen LogP contribution in [-0.2, 0) is 6.54 Å². The predicted molar refractivity (Wildman–Crippen MR) is 108 cm³/mol. The molecule has 0 saturated carbocycles. The van der Waals surface area contributed by atoms with Gasteiger partial charge in [0, 0.05) is 40.3 Å². The lowest BCUT2D eigenvalue weighted by molar-refractivity contribution is 0.257. The SMILES string of the molecule is Cc1cc(I)cc(CN(C)CCCN2CCSCC2)c1O.Cl. The van der Waals surface area contributed by atoms with Crippen molar-refractivity contribution in [3.05, 3.63) is 26.8 Å². The van der Waals surface area contributed by atoms with Gasteiger partial charge in [0.2, 0.25) is 0 Å². The van der Waals surface area contributed by atoms with Gasteiger partial charge in [-0.15, -0.1) is 12.4 Å². The van der Waals surface area contributed by atoms with Gasteiger partial charge in [0.25, 0.3) is 0 Å². The Morgan fingerprint density at radius 1 is 1.32 bits per heavy atom. The minimum Gasteiger partial charge on any atom is -0.507 e. The zero-order chi connectivity index (χ0) is 15.2. The normalized spacial score (nSPS) is 15.8. The summed E-state index contributed by atoms with van der Waals surface area (Å²) in [5, 5.41) is 10.2. The Hall–Kier alpha value is 0.310. The van der Waals surface area contributed by atoms with Gasteiger partial charge in [0.15, 0.2) is 0 Å². The minimum atomic E-state index is 0. The first-order valence-corrected chi connectivity index (χ1v) is 9.76. The van der Waals surface area contributed by atoms with Crippen molar-refractivity contribution in [3.8, 4) is 5.75 Å². The third kappa shape index (κ3) is 6.43. The van der Waals surface area contributed by atoms with Crippen molar-refractivity contribution in [3.63, 3.8) is 0 Å². The van der Waals surface area contributed by atoms with Crippen LogP contribution in [0.5, 0.6) is 5.75 Å². The molecule has 1 saturated heterocycles. The molecule has 1 aliphatic heterocycles. The Labute approximate surface area is 158 Å². The third-order valence-corrected chi connectivity index (χ3v) is 5.47. The van der Waals surface area contributed by atoms with Crippen LogP contribution in [0.1, 0.15) is 17.5 Å². The van der Waals surface area contributed by atoms with Crippen LogP contribution in [-0.4, -0.2) is 59.6 Å². The molecule has 0 unspecified atom stereocenters. The van der Waals surface area contributed by atoms with Crippen LogP contribution in [0, 0.1) is 10.5 Å². The summed E-state index contributed by atoms with van der Waals surface area (Å²) in [5.74, 6) is 3.02. The topological polar surface area (TPSA) is 26.7 Å². The molecule has 1 aromatic rings. The summed E-state index contributed by atoms with van der Waals surface area (Å²) in [6.07, 6.45) is 1.20. The van der Waals surface area contributed by atoms with E-state index in [1.54, 1.807) is 0 Å². The molecular formula is C16H26ClIN2OS. The minimum absolute atomic E-state index is 0. The van der Waals surface area contributed by atoms with E-state index >= 15 is 0 Å². The number of hydrogen-bond donors (Lipinski definition) is 1. The molecule has 0 aliphatic carbocycles. The van der Waals surface area contributed by atoms with Crippen LogP contribution in [0.3, 0.4) is 0 Å². The lowest BCUT2D eigenvalue weighted by Gasteiger charge is -2.27. The van der Waals surface area contributed by atoms with Gasteiger partial charge in [-0.25, -0.2) is 0 Å². The maximum absolute atomic E-state index is 10.2. The zero-order valence-electron chi connectivity index (χ0n) is 13.3. The summed E-state index contributed by atoms with van der Waals surface area (Å²) < 4.78 is 1.19. The second-order valence-electron chi connectivity index (χ2n) is 5.78. The second kappa shape index (κ2) is 10.2. The highest BCUT2D eigenvalue weighted by molar-refractivity contribution is 14.1. The summed E-state index contributed by atoms with van der Waals surface area (Å²) >= 11 is 4.38. The molecule has 0 atom stereocenters. The van der Waals surface area contributed by atoms with Crippen molar-refractivity contribution in [1.29, 1.82) is 0 Å². The van der Waals surface area contributed by atoms with E-state index in [-0.39, 0.29) is 12.4 Å². The molecule has 1 N–H and O–H groups in total. The maximum Gasteiger partial charge on any atom is 0.123 e. The first kappa shape index (κ1) is 20.4. The molecule has 0 amide bonds. The maximum atomic E-state index is 10.2. The van der Waals surface area contributed by atoms with Crippen LogP contribution in [0.25, 0.3) is 0 Å². The average molecular weight is 457 g/mol. The van der Waals surface area contributed by atoms with E-state index in [0.717, 1.165) is 24.2 Å². The largest absolute Gasteiger partial charge is 0.507 e. The second-order valence-corrected chi connectivity index (χ2v) is 8.25. The van der Waals surface area contributed by atoms with Crippen molar-refractivity contribution in [1.82, 2.24) is 9.80 Å². The summed E-state index contributed by atoms with van der Waals surface area (Å²) in [4.78, 5) is 4.88. The summed E-state index contributed by atoms with van der Waals surface area (Å²) in [6, 6.07) is 4.11. The fourth-order valence-electron chi connectivity index (χ4n) is 2.68. The molecule has 1 aromatic carbocycles. The molecule has 126 valence electrons. The number of nitrogens with zero attached hydrogens (tertiary/aromatic N) is 2. The van der Waals surface area contributed by atoms with Crippen molar-refractivity contribution in [2.75, 3.05) is 44.7 Å². The van der Waals surface area contributed by atoms with Gasteiger partial charge in [0.05, 0.1) is 0 Å². The van der Waals surface area contributed by atoms with Gasteiger partial charge in [-0.3, -0.25) is 0 Å². The third-order valence-electron chi connectivity index (χ3n) is 3.90. The number of hydrogen-bond acceptors (Lipinski definition) is 4. The van der Waals surface area contributed by atoms with Crippen molar-refractivity contribution < 1.29 is 5.11 Å². The highest BCUT2D eigenvalue weighted by Gasteiger charge is 2.11. The molecule has 6 heteroatoms. The molecule has 22 heavy (non-hydrogen) atoms. The van der Waals surface area contributed by atoms with Gasteiger partial charge < -0.3 is 14.9 Å². The van der Waals surface area contributed by atoms with Crippen molar-refractivity contribution in [2.45, 2.75) is 19.9 Å². The molecule has 3 nitrogen and oxygen atoms in total. The van der Waals surface area contributed by atoms with Crippen molar-refractivity contribution in [2.24, 2.45) is 0 Å². The molecule has 2 rings (SSSR count). The Morgan fingerprint density at radius 2 is 2.00 bits per heavy atom. The number of halogens is 2. The lowest BCUT2D eigenvalue weighted by Crippen LogP contribution is -2.34. The summed E-state index contributed by atoms with van der Waals surface area (Å²) in [7, 11) is 2.14. The molecule has 0 spiro atoms. The molecule has 0 bridgehead atoms. The fourth-order valence-corrected chi connectivity index (χ4v) is 4.51. The van der Waals surface area contributed by atoms with Crippen LogP contribution < -0.4 is 0 Å². The monoisotopic (exact) mass is 456 g/mol. The van der Waals surface area contributed by atoms with Gasteiger partial charge in [-0.2, -0.15) is 11.8 Å². The highest BCUT2D eigenvalue weighted by Crippen LogP contribution is 2.25. The Kier molecular flexibility index (Phi) is 9.47. The Bertz CT molecular complexity index is 470. The molecular weight excluding hydrogens is 431 g/mol. The first-order valence-electron chi connectivity index (χ1n) is 7.53. The van der Waals surface area contributed by atoms with Crippen molar-refractivity contribution >= 4 is 46.8 Å². The number of aromatic hydroxyl groups is 1. The van der Waals surface area contributed by atoms with Gasteiger partial charge in [-0.05, 0) is 73.8 Å². The highest BCUT2D eigenvalue weighted by atomic mass is 127. The number of rotatable bonds is 6. The van der Waals surface area contributed by atoms with Gasteiger partial charge >= 0.3 is 0 Å². The number of aryl methyl sites for hydroxylation is 1. The van der Waals surface area contributed by atoms with E-state index in [9.17, 15) is 5.11 Å². The smallest absolute Gasteiger partial charge is 0.123 e. The fraction of sp³-hybridized carbons (Fsp3) is 0.625. The average Bonchev–Trinajstić information content (AvgIpc) is 2.45. The molecule has 1 fully saturated rings. The van der Waals surface area contributed by atoms with E-state index in [1.165, 1.54) is 41.1 Å². The van der Waals surface area contributed by atoms with Crippen LogP contribution in [0.2, 0.25) is 0 Å². The van der Waals surface area contributed by atoms with E-state index in [4.69, 9.17) is 0 Å². The zero-order valence-corrected chi connectivity index (χ0v) is 17.1. The number of benzene rings is 1. The predicted octanol–water partition coefficient (Wildman–Crippen LogP) is 3.60.